The van der Waals surface area contributed by atoms with Crippen LogP contribution in [0.5, 0.6) is 0 Å². The smallest absolute Gasteiger partial charge is 0.176 e. The van der Waals surface area contributed by atoms with Gasteiger partial charge in [-0.1, -0.05) is 0 Å². The van der Waals surface area contributed by atoms with Gasteiger partial charge >= 0.3 is 0 Å². The minimum atomic E-state index is 0.121. The Labute approximate surface area is 107 Å². The molecule has 0 fully saturated rings. The van der Waals surface area contributed by atoms with Crippen molar-refractivity contribution < 1.29 is 4.74 Å². The summed E-state index contributed by atoms with van der Waals surface area (Å²) in [6.45, 7) is 4.11. The number of nitrogens with zero attached hydrogens (tertiary/aromatic N) is 3. The molecule has 2 rings (SSSR count). The highest BCUT2D eigenvalue weighted by molar-refractivity contribution is 5.56. The third-order valence-electron chi connectivity index (χ3n) is 2.97. The van der Waals surface area contributed by atoms with Gasteiger partial charge in [0.15, 0.2) is 5.82 Å². The number of aromatic nitrogens is 3. The zero-order valence-electron chi connectivity index (χ0n) is 10.9. The second kappa shape index (κ2) is 5.64. The molecule has 5 nitrogen and oxygen atoms in total. The van der Waals surface area contributed by atoms with E-state index in [9.17, 15) is 0 Å². The van der Waals surface area contributed by atoms with E-state index in [4.69, 9.17) is 4.74 Å². The molecule has 2 heterocycles. The van der Waals surface area contributed by atoms with Crippen LogP contribution in [0.2, 0.25) is 0 Å². The zero-order valence-corrected chi connectivity index (χ0v) is 10.9. The molecule has 0 aliphatic heterocycles. The molecule has 2 atom stereocenters. The summed E-state index contributed by atoms with van der Waals surface area (Å²) < 4.78 is 7.05. The van der Waals surface area contributed by atoms with Crippen molar-refractivity contribution in [1.29, 1.82) is 0 Å². The topological polar surface area (TPSA) is 52.0 Å². The monoisotopic (exact) mass is 246 g/mol. The Morgan fingerprint density at radius 1 is 1.28 bits per heavy atom. The number of methoxy groups -OCH3 is 1. The van der Waals surface area contributed by atoms with Crippen LogP contribution in [0.3, 0.4) is 0 Å². The first kappa shape index (κ1) is 12.6. The molecule has 2 aromatic heterocycles. The summed E-state index contributed by atoms with van der Waals surface area (Å²) in [5.74, 6) is 0.789. The quantitative estimate of drug-likeness (QED) is 0.877. The number of hydrogen-bond acceptors (Lipinski definition) is 4. The normalized spacial score (nSPS) is 14.2. The molecule has 0 aromatic carbocycles. The third kappa shape index (κ3) is 2.68. The summed E-state index contributed by atoms with van der Waals surface area (Å²) >= 11 is 0. The Hall–Kier alpha value is -1.88. The number of rotatable bonds is 5. The largest absolute Gasteiger partial charge is 0.380 e. The van der Waals surface area contributed by atoms with E-state index in [0.29, 0.717) is 0 Å². The molecule has 0 radical (unpaired) electrons. The fraction of sp³-hybridized carbons (Fsp3) is 0.385. The molecule has 0 aliphatic rings. The molecular formula is C13H18N4O. The van der Waals surface area contributed by atoms with E-state index in [2.05, 4.69) is 22.3 Å². The highest BCUT2D eigenvalue weighted by Crippen LogP contribution is 2.18. The molecule has 0 bridgehead atoms. The lowest BCUT2D eigenvalue weighted by molar-refractivity contribution is 0.106. The highest BCUT2D eigenvalue weighted by atomic mass is 16.5. The van der Waals surface area contributed by atoms with Crippen molar-refractivity contribution in [3.8, 4) is 5.82 Å². The fourth-order valence-electron chi connectivity index (χ4n) is 1.65. The van der Waals surface area contributed by atoms with Crippen molar-refractivity contribution in [3.05, 3.63) is 36.8 Å². The van der Waals surface area contributed by atoms with E-state index in [1.54, 1.807) is 24.2 Å². The third-order valence-corrected chi connectivity index (χ3v) is 2.97. The Morgan fingerprint density at radius 3 is 2.78 bits per heavy atom. The van der Waals surface area contributed by atoms with E-state index < -0.39 is 0 Å². The molecular weight excluding hydrogens is 228 g/mol. The van der Waals surface area contributed by atoms with Gasteiger partial charge in [0.25, 0.3) is 0 Å². The summed E-state index contributed by atoms with van der Waals surface area (Å²) in [4.78, 5) is 4.36. The van der Waals surface area contributed by atoms with Gasteiger partial charge in [0, 0.05) is 31.7 Å². The Morgan fingerprint density at radius 2 is 2.11 bits per heavy atom. The second-order valence-electron chi connectivity index (χ2n) is 4.20. The van der Waals surface area contributed by atoms with E-state index in [-0.39, 0.29) is 12.1 Å². The van der Waals surface area contributed by atoms with Crippen molar-refractivity contribution in [2.75, 3.05) is 12.4 Å². The fourth-order valence-corrected chi connectivity index (χ4v) is 1.65. The first-order chi connectivity index (χ1) is 8.72. The average molecular weight is 246 g/mol. The van der Waals surface area contributed by atoms with Gasteiger partial charge in [-0.25, -0.2) is 9.67 Å². The first-order valence-corrected chi connectivity index (χ1v) is 5.96. The summed E-state index contributed by atoms with van der Waals surface area (Å²) in [5, 5.41) is 7.60. The number of nitrogens with one attached hydrogen (secondary N) is 1. The second-order valence-corrected chi connectivity index (χ2v) is 4.20. The number of ether oxygens (including phenoxy) is 1. The molecule has 0 aliphatic carbocycles. The average Bonchev–Trinajstić information content (AvgIpc) is 2.92. The minimum absolute atomic E-state index is 0.121. The highest BCUT2D eigenvalue weighted by Gasteiger charge is 2.13. The van der Waals surface area contributed by atoms with Crippen molar-refractivity contribution in [1.82, 2.24) is 14.8 Å². The van der Waals surface area contributed by atoms with E-state index in [0.717, 1.165) is 11.5 Å². The molecule has 96 valence electrons. The lowest BCUT2D eigenvalue weighted by atomic mass is 10.2. The first-order valence-electron chi connectivity index (χ1n) is 5.96. The number of hydrogen-bond donors (Lipinski definition) is 1. The SMILES string of the molecule is COC(C)C(C)Nc1cccnc1-n1cccn1. The number of anilines is 1. The van der Waals surface area contributed by atoms with E-state index in [1.165, 1.54) is 0 Å². The van der Waals surface area contributed by atoms with Gasteiger partial charge in [-0.05, 0) is 32.0 Å². The van der Waals surface area contributed by atoms with Gasteiger partial charge in [0.1, 0.15) is 0 Å². The van der Waals surface area contributed by atoms with Crippen LogP contribution in [-0.2, 0) is 4.74 Å². The van der Waals surface area contributed by atoms with Gasteiger partial charge in [-0.3, -0.25) is 0 Å². The molecule has 0 saturated carbocycles. The van der Waals surface area contributed by atoms with Crippen LogP contribution in [0.15, 0.2) is 36.8 Å². The molecule has 5 heteroatoms. The van der Waals surface area contributed by atoms with Gasteiger partial charge in [0.05, 0.1) is 11.8 Å². The van der Waals surface area contributed by atoms with Crippen LogP contribution in [0, 0.1) is 0 Å². The van der Waals surface area contributed by atoms with Crippen molar-refractivity contribution >= 4 is 5.69 Å². The molecule has 0 saturated heterocycles. The Bertz CT molecular complexity index is 483. The molecule has 2 aromatic rings. The molecule has 18 heavy (non-hydrogen) atoms. The molecule has 0 amide bonds. The zero-order chi connectivity index (χ0) is 13.0. The predicted octanol–water partition coefficient (Wildman–Crippen LogP) is 2.10. The lowest BCUT2D eigenvalue weighted by Crippen LogP contribution is -2.30. The van der Waals surface area contributed by atoms with Crippen LogP contribution < -0.4 is 5.32 Å². The summed E-state index contributed by atoms with van der Waals surface area (Å²) in [5.41, 5.74) is 0.942. The van der Waals surface area contributed by atoms with Gasteiger partial charge in [-0.15, -0.1) is 0 Å². The van der Waals surface area contributed by atoms with Crippen LogP contribution >= 0.6 is 0 Å². The van der Waals surface area contributed by atoms with Crippen LogP contribution in [0.1, 0.15) is 13.8 Å². The maximum atomic E-state index is 5.31. The molecule has 2 unspecified atom stereocenters. The van der Waals surface area contributed by atoms with E-state index >= 15 is 0 Å². The van der Waals surface area contributed by atoms with Gasteiger partial charge < -0.3 is 10.1 Å². The van der Waals surface area contributed by atoms with Crippen molar-refractivity contribution in [2.24, 2.45) is 0 Å². The van der Waals surface area contributed by atoms with Gasteiger partial charge in [-0.2, -0.15) is 5.10 Å². The standard InChI is InChI=1S/C13H18N4O/c1-10(11(2)18-3)16-12-6-4-7-14-13(12)17-9-5-8-15-17/h4-11,16H,1-3H3. The van der Waals surface area contributed by atoms with Crippen molar-refractivity contribution in [2.45, 2.75) is 26.0 Å². The van der Waals surface area contributed by atoms with Crippen LogP contribution in [-0.4, -0.2) is 34.0 Å². The summed E-state index contributed by atoms with van der Waals surface area (Å²) in [6, 6.07) is 5.95. The maximum Gasteiger partial charge on any atom is 0.176 e. The van der Waals surface area contributed by atoms with E-state index in [1.807, 2.05) is 31.3 Å². The lowest BCUT2D eigenvalue weighted by Gasteiger charge is -2.22. The van der Waals surface area contributed by atoms with Gasteiger partial charge in [0.2, 0.25) is 0 Å². The predicted molar refractivity (Wildman–Crippen MR) is 70.9 cm³/mol. The molecule has 1 N–H and O–H groups in total. The van der Waals surface area contributed by atoms with Crippen LogP contribution in [0.25, 0.3) is 5.82 Å². The Kier molecular flexibility index (Phi) is 3.94. The molecule has 0 spiro atoms. The minimum Gasteiger partial charge on any atom is -0.380 e. The number of pyridine rings is 1. The summed E-state index contributed by atoms with van der Waals surface area (Å²) in [7, 11) is 1.71. The van der Waals surface area contributed by atoms with Crippen LogP contribution in [0.4, 0.5) is 5.69 Å². The maximum absolute atomic E-state index is 5.31. The summed E-state index contributed by atoms with van der Waals surface area (Å²) in [6.07, 6.45) is 5.49. The Balaban J connectivity index is 2.23. The van der Waals surface area contributed by atoms with Crippen molar-refractivity contribution in [3.63, 3.8) is 0 Å².